The van der Waals surface area contributed by atoms with E-state index in [1.54, 1.807) is 0 Å². The number of hydrogen-bond acceptors (Lipinski definition) is 3. The van der Waals surface area contributed by atoms with E-state index in [0.717, 1.165) is 25.7 Å². The first-order valence-electron chi connectivity index (χ1n) is 7.51. The van der Waals surface area contributed by atoms with Crippen LogP contribution in [0.5, 0.6) is 0 Å². The van der Waals surface area contributed by atoms with Crippen molar-refractivity contribution in [3.05, 3.63) is 0 Å². The summed E-state index contributed by atoms with van der Waals surface area (Å²) in [6.45, 7) is 11.9. The zero-order valence-corrected chi connectivity index (χ0v) is 13.3. The highest BCUT2D eigenvalue weighted by molar-refractivity contribution is 5.76. The van der Waals surface area contributed by atoms with Crippen molar-refractivity contribution in [2.45, 2.75) is 78.9 Å². The lowest BCUT2D eigenvalue weighted by Crippen LogP contribution is -2.44. The molecule has 3 heteroatoms. The molecule has 1 aliphatic carbocycles. The molecule has 0 saturated heterocycles. The summed E-state index contributed by atoms with van der Waals surface area (Å²) in [4.78, 5) is 12.2. The minimum Gasteiger partial charge on any atom is -0.459 e. The van der Waals surface area contributed by atoms with E-state index in [-0.39, 0.29) is 18.0 Å². The van der Waals surface area contributed by atoms with Crippen molar-refractivity contribution in [1.29, 1.82) is 0 Å². The first-order valence-corrected chi connectivity index (χ1v) is 7.51. The van der Waals surface area contributed by atoms with Crippen molar-refractivity contribution in [1.82, 2.24) is 0 Å². The summed E-state index contributed by atoms with van der Waals surface area (Å²) in [6, 6.07) is 0. The van der Waals surface area contributed by atoms with Gasteiger partial charge in [0.1, 0.15) is 5.60 Å². The molecule has 3 atom stereocenters. The number of carbonyl (C=O) groups excluding carboxylic acids is 1. The molecule has 1 fully saturated rings. The van der Waals surface area contributed by atoms with Crippen LogP contribution < -0.4 is 0 Å². The molecule has 1 saturated carbocycles. The van der Waals surface area contributed by atoms with E-state index in [4.69, 9.17) is 4.74 Å². The minimum atomic E-state index is -0.495. The first kappa shape index (κ1) is 16.5. The molecule has 0 aliphatic heterocycles. The van der Waals surface area contributed by atoms with Gasteiger partial charge >= 0.3 is 5.97 Å². The van der Waals surface area contributed by atoms with Crippen LogP contribution in [0, 0.1) is 17.3 Å². The molecule has 0 bridgehead atoms. The fourth-order valence-corrected chi connectivity index (χ4v) is 2.53. The van der Waals surface area contributed by atoms with Crippen LogP contribution in [-0.2, 0) is 9.53 Å². The van der Waals surface area contributed by atoms with Gasteiger partial charge in [0.25, 0.3) is 0 Å². The summed E-state index contributed by atoms with van der Waals surface area (Å²) in [5, 5.41) is 10.0. The highest BCUT2D eigenvalue weighted by Gasteiger charge is 2.41. The maximum absolute atomic E-state index is 12.2. The number of hydrogen-bond donors (Lipinski definition) is 1. The first-order chi connectivity index (χ1) is 8.60. The van der Waals surface area contributed by atoms with Crippen LogP contribution in [0.1, 0.15) is 67.2 Å². The van der Waals surface area contributed by atoms with Crippen LogP contribution in [0.4, 0.5) is 0 Å². The lowest BCUT2D eigenvalue weighted by molar-refractivity contribution is -0.176. The maximum Gasteiger partial charge on any atom is 0.312 e. The van der Waals surface area contributed by atoms with E-state index in [2.05, 4.69) is 6.92 Å². The molecule has 1 N–H and O–H groups in total. The molecule has 0 amide bonds. The van der Waals surface area contributed by atoms with Gasteiger partial charge in [0.05, 0.1) is 11.5 Å². The number of esters is 1. The molecular weight excluding hydrogens is 240 g/mol. The van der Waals surface area contributed by atoms with Gasteiger partial charge in [0, 0.05) is 5.92 Å². The standard InChI is InChI=1S/C16H30O3/c1-7-15(3,4)14(18)19-16(5,6)12-9-8-11(2)13(17)10-12/h11-13,17H,7-10H2,1-6H3. The molecule has 0 radical (unpaired) electrons. The average Bonchev–Trinajstić information content (AvgIpc) is 2.31. The van der Waals surface area contributed by atoms with Gasteiger partial charge in [0.15, 0.2) is 0 Å². The van der Waals surface area contributed by atoms with Gasteiger partial charge < -0.3 is 9.84 Å². The Balaban J connectivity index is 2.68. The average molecular weight is 270 g/mol. The van der Waals surface area contributed by atoms with Gasteiger partial charge in [-0.05, 0) is 59.3 Å². The van der Waals surface area contributed by atoms with Crippen LogP contribution in [0.25, 0.3) is 0 Å². The Morgan fingerprint density at radius 3 is 2.32 bits per heavy atom. The van der Waals surface area contributed by atoms with E-state index in [9.17, 15) is 9.90 Å². The zero-order chi connectivity index (χ0) is 14.8. The van der Waals surface area contributed by atoms with Crippen LogP contribution in [-0.4, -0.2) is 22.8 Å². The second-order valence-electron chi connectivity index (χ2n) is 7.29. The number of carbonyl (C=O) groups is 1. The monoisotopic (exact) mass is 270 g/mol. The smallest absolute Gasteiger partial charge is 0.312 e. The van der Waals surface area contributed by atoms with Crippen molar-refractivity contribution in [3.8, 4) is 0 Å². The van der Waals surface area contributed by atoms with E-state index < -0.39 is 11.0 Å². The Kier molecular flexibility index (Phi) is 5.05. The summed E-state index contributed by atoms with van der Waals surface area (Å²) in [6.07, 6.45) is 3.26. The third-order valence-corrected chi connectivity index (χ3v) is 4.93. The van der Waals surface area contributed by atoms with E-state index in [1.807, 2.05) is 34.6 Å². The summed E-state index contributed by atoms with van der Waals surface area (Å²) in [5.74, 6) is 0.471. The largest absolute Gasteiger partial charge is 0.459 e. The highest BCUT2D eigenvalue weighted by Crippen LogP contribution is 2.38. The van der Waals surface area contributed by atoms with E-state index in [0.29, 0.717) is 5.92 Å². The highest BCUT2D eigenvalue weighted by atomic mass is 16.6. The lowest BCUT2D eigenvalue weighted by Gasteiger charge is -2.41. The fourth-order valence-electron chi connectivity index (χ4n) is 2.53. The summed E-state index contributed by atoms with van der Waals surface area (Å²) < 4.78 is 5.77. The molecular formula is C16H30O3. The Labute approximate surface area is 117 Å². The van der Waals surface area contributed by atoms with Crippen LogP contribution >= 0.6 is 0 Å². The van der Waals surface area contributed by atoms with Crippen molar-refractivity contribution in [2.24, 2.45) is 17.3 Å². The lowest BCUT2D eigenvalue weighted by atomic mass is 9.73. The Morgan fingerprint density at radius 2 is 1.84 bits per heavy atom. The Hall–Kier alpha value is -0.570. The predicted octanol–water partition coefficient (Wildman–Crippen LogP) is 3.54. The second kappa shape index (κ2) is 5.82. The molecule has 3 nitrogen and oxygen atoms in total. The molecule has 0 aromatic rings. The second-order valence-corrected chi connectivity index (χ2v) is 7.29. The van der Waals surface area contributed by atoms with Crippen LogP contribution in [0.15, 0.2) is 0 Å². The molecule has 3 unspecified atom stereocenters. The van der Waals surface area contributed by atoms with Crippen molar-refractivity contribution < 1.29 is 14.6 Å². The normalized spacial score (nSPS) is 29.1. The van der Waals surface area contributed by atoms with Gasteiger partial charge in [-0.3, -0.25) is 4.79 Å². The van der Waals surface area contributed by atoms with Crippen LogP contribution in [0.3, 0.4) is 0 Å². The van der Waals surface area contributed by atoms with Crippen molar-refractivity contribution >= 4 is 5.97 Å². The van der Waals surface area contributed by atoms with Gasteiger partial charge in [-0.25, -0.2) is 0 Å². The Bertz CT molecular complexity index is 320. The van der Waals surface area contributed by atoms with Crippen molar-refractivity contribution in [2.75, 3.05) is 0 Å². The summed E-state index contributed by atoms with van der Waals surface area (Å²) >= 11 is 0. The van der Waals surface area contributed by atoms with E-state index >= 15 is 0 Å². The molecule has 0 aromatic heterocycles. The number of ether oxygens (including phenoxy) is 1. The minimum absolute atomic E-state index is 0.131. The van der Waals surface area contributed by atoms with Gasteiger partial charge in [-0.1, -0.05) is 13.8 Å². The van der Waals surface area contributed by atoms with Gasteiger partial charge in [-0.15, -0.1) is 0 Å². The number of aliphatic hydroxyl groups is 1. The van der Waals surface area contributed by atoms with Gasteiger partial charge in [0.2, 0.25) is 0 Å². The summed E-state index contributed by atoms with van der Waals surface area (Å²) in [7, 11) is 0. The third kappa shape index (κ3) is 3.95. The van der Waals surface area contributed by atoms with E-state index in [1.165, 1.54) is 0 Å². The molecule has 1 aliphatic rings. The summed E-state index contributed by atoms with van der Waals surface area (Å²) in [5.41, 5.74) is -0.928. The number of rotatable bonds is 4. The van der Waals surface area contributed by atoms with Crippen LogP contribution in [0.2, 0.25) is 0 Å². The molecule has 0 heterocycles. The predicted molar refractivity (Wildman–Crippen MR) is 76.8 cm³/mol. The third-order valence-electron chi connectivity index (χ3n) is 4.93. The van der Waals surface area contributed by atoms with Crippen molar-refractivity contribution in [3.63, 3.8) is 0 Å². The SMILES string of the molecule is CCC(C)(C)C(=O)OC(C)(C)C1CCC(C)C(O)C1. The molecule has 0 spiro atoms. The van der Waals surface area contributed by atoms with Gasteiger partial charge in [-0.2, -0.15) is 0 Å². The molecule has 1 rings (SSSR count). The fraction of sp³-hybridized carbons (Fsp3) is 0.938. The topological polar surface area (TPSA) is 46.5 Å². The molecule has 0 aromatic carbocycles. The Morgan fingerprint density at radius 1 is 1.26 bits per heavy atom. The molecule has 19 heavy (non-hydrogen) atoms. The number of aliphatic hydroxyl groups excluding tert-OH is 1. The zero-order valence-electron chi connectivity index (χ0n) is 13.3. The quantitative estimate of drug-likeness (QED) is 0.795. The molecule has 112 valence electrons. The maximum atomic E-state index is 12.2.